The van der Waals surface area contributed by atoms with Crippen molar-refractivity contribution in [3.05, 3.63) is 23.0 Å². The Bertz CT molecular complexity index is 398. The second-order valence-corrected chi connectivity index (χ2v) is 3.96. The second kappa shape index (κ2) is 6.42. The van der Waals surface area contributed by atoms with Crippen molar-refractivity contribution < 1.29 is 9.53 Å². The smallest absolute Gasteiger partial charge is 0.253 e. The molecule has 1 aromatic heterocycles. The molecule has 5 nitrogen and oxygen atoms in total. The van der Waals surface area contributed by atoms with Gasteiger partial charge in [0.2, 0.25) is 0 Å². The fourth-order valence-corrected chi connectivity index (χ4v) is 1.47. The molecule has 0 saturated carbocycles. The van der Waals surface area contributed by atoms with E-state index >= 15 is 0 Å². The molecule has 17 heavy (non-hydrogen) atoms. The molecule has 0 bridgehead atoms. The van der Waals surface area contributed by atoms with E-state index in [-0.39, 0.29) is 17.2 Å². The average molecular weight is 258 g/mol. The molecule has 0 radical (unpaired) electrons. The Balaban J connectivity index is 2.61. The van der Waals surface area contributed by atoms with Gasteiger partial charge in [0.05, 0.1) is 23.6 Å². The van der Waals surface area contributed by atoms with Crippen molar-refractivity contribution in [1.82, 2.24) is 10.3 Å². The molecule has 1 heterocycles. The van der Waals surface area contributed by atoms with Crippen molar-refractivity contribution in [1.29, 1.82) is 0 Å². The highest BCUT2D eigenvalue weighted by molar-refractivity contribution is 6.29. The summed E-state index contributed by atoms with van der Waals surface area (Å²) < 4.78 is 5.30. The van der Waals surface area contributed by atoms with E-state index in [0.717, 1.165) is 0 Å². The molecule has 6 heteroatoms. The summed E-state index contributed by atoms with van der Waals surface area (Å²) in [6.45, 7) is 4.82. The van der Waals surface area contributed by atoms with Crippen LogP contribution in [0.4, 0.5) is 5.69 Å². The van der Waals surface area contributed by atoms with Crippen LogP contribution in [-0.2, 0) is 4.74 Å². The van der Waals surface area contributed by atoms with Gasteiger partial charge >= 0.3 is 0 Å². The van der Waals surface area contributed by atoms with Gasteiger partial charge in [0.1, 0.15) is 5.15 Å². The van der Waals surface area contributed by atoms with E-state index in [0.29, 0.717) is 24.4 Å². The van der Waals surface area contributed by atoms with Gasteiger partial charge in [-0.05, 0) is 19.9 Å². The first-order valence-electron chi connectivity index (χ1n) is 5.35. The van der Waals surface area contributed by atoms with Crippen molar-refractivity contribution in [2.75, 3.05) is 18.9 Å². The fraction of sp³-hybridized carbons (Fsp3) is 0.455. The van der Waals surface area contributed by atoms with E-state index in [4.69, 9.17) is 22.1 Å². The van der Waals surface area contributed by atoms with Gasteiger partial charge in [0, 0.05) is 13.2 Å². The molecule has 0 aliphatic rings. The zero-order valence-corrected chi connectivity index (χ0v) is 10.6. The predicted molar refractivity (Wildman–Crippen MR) is 67.1 cm³/mol. The minimum atomic E-state index is -0.279. The quantitative estimate of drug-likeness (QED) is 0.783. The number of carbonyl (C=O) groups excluding carboxylic acids is 1. The number of rotatable bonds is 5. The number of nitrogen functional groups attached to an aromatic ring is 1. The van der Waals surface area contributed by atoms with E-state index in [2.05, 4.69) is 10.3 Å². The van der Waals surface area contributed by atoms with Crippen molar-refractivity contribution in [2.45, 2.75) is 20.0 Å². The first kappa shape index (κ1) is 13.7. The molecule has 0 aliphatic heterocycles. The van der Waals surface area contributed by atoms with Crippen LogP contribution in [-0.4, -0.2) is 30.1 Å². The van der Waals surface area contributed by atoms with Gasteiger partial charge in [-0.3, -0.25) is 4.79 Å². The molecule has 0 saturated heterocycles. The lowest BCUT2D eigenvalue weighted by atomic mass is 10.2. The topological polar surface area (TPSA) is 77.2 Å². The van der Waals surface area contributed by atoms with E-state index in [1.165, 1.54) is 12.3 Å². The van der Waals surface area contributed by atoms with Crippen LogP contribution in [0.3, 0.4) is 0 Å². The van der Waals surface area contributed by atoms with Crippen molar-refractivity contribution in [3.8, 4) is 0 Å². The monoisotopic (exact) mass is 257 g/mol. The Hall–Kier alpha value is -1.33. The maximum atomic E-state index is 11.8. The fourth-order valence-electron chi connectivity index (χ4n) is 1.31. The zero-order chi connectivity index (χ0) is 12.8. The molecular weight excluding hydrogens is 242 g/mol. The number of ether oxygens (including phenoxy) is 1. The van der Waals surface area contributed by atoms with E-state index in [9.17, 15) is 4.79 Å². The number of hydrogen-bond donors (Lipinski definition) is 2. The Morgan fingerprint density at radius 3 is 3.06 bits per heavy atom. The Kier molecular flexibility index (Phi) is 5.18. The summed E-state index contributed by atoms with van der Waals surface area (Å²) in [4.78, 5) is 15.6. The minimum Gasteiger partial charge on any atom is -0.397 e. The lowest BCUT2D eigenvalue weighted by Crippen LogP contribution is -2.32. The standard InChI is InChI=1S/C11H16ClN3O2/c1-3-17-7(2)5-15-11(16)8-4-10(12)14-6-9(8)13/h4,6-7H,3,5,13H2,1-2H3,(H,15,16). The summed E-state index contributed by atoms with van der Waals surface area (Å²) in [5.41, 5.74) is 6.27. The van der Waals surface area contributed by atoms with Crippen LogP contribution >= 0.6 is 11.6 Å². The first-order valence-corrected chi connectivity index (χ1v) is 5.73. The summed E-state index contributed by atoms with van der Waals surface area (Å²) in [6, 6.07) is 1.44. The lowest BCUT2D eigenvalue weighted by molar-refractivity contribution is 0.0695. The van der Waals surface area contributed by atoms with Crippen molar-refractivity contribution in [3.63, 3.8) is 0 Å². The van der Waals surface area contributed by atoms with Gasteiger partial charge in [-0.2, -0.15) is 0 Å². The molecule has 0 aliphatic carbocycles. The van der Waals surface area contributed by atoms with E-state index in [1.54, 1.807) is 0 Å². The van der Waals surface area contributed by atoms with Crippen LogP contribution in [0.1, 0.15) is 24.2 Å². The van der Waals surface area contributed by atoms with Crippen molar-refractivity contribution in [2.24, 2.45) is 0 Å². The van der Waals surface area contributed by atoms with Crippen molar-refractivity contribution >= 4 is 23.2 Å². The molecule has 1 rings (SSSR count). The Morgan fingerprint density at radius 2 is 2.41 bits per heavy atom. The molecule has 1 atom stereocenters. The van der Waals surface area contributed by atoms with E-state index in [1.807, 2.05) is 13.8 Å². The number of hydrogen-bond acceptors (Lipinski definition) is 4. The molecule has 1 amide bonds. The second-order valence-electron chi connectivity index (χ2n) is 3.57. The van der Waals surface area contributed by atoms with E-state index < -0.39 is 0 Å². The molecule has 0 spiro atoms. The number of nitrogens with one attached hydrogen (secondary N) is 1. The van der Waals surface area contributed by atoms with Gasteiger partial charge in [-0.1, -0.05) is 11.6 Å². The number of nitrogens with zero attached hydrogens (tertiary/aromatic N) is 1. The molecule has 1 aromatic rings. The largest absolute Gasteiger partial charge is 0.397 e. The van der Waals surface area contributed by atoms with Crippen LogP contribution in [0.15, 0.2) is 12.3 Å². The third-order valence-electron chi connectivity index (χ3n) is 2.15. The Morgan fingerprint density at radius 1 is 1.71 bits per heavy atom. The molecular formula is C11H16ClN3O2. The molecule has 0 fully saturated rings. The zero-order valence-electron chi connectivity index (χ0n) is 9.87. The Labute approximate surface area is 105 Å². The maximum Gasteiger partial charge on any atom is 0.253 e. The van der Waals surface area contributed by atoms with Gasteiger partial charge in [0.25, 0.3) is 5.91 Å². The predicted octanol–water partition coefficient (Wildman–Crippen LogP) is 1.47. The number of pyridine rings is 1. The van der Waals surface area contributed by atoms with Gasteiger partial charge in [-0.25, -0.2) is 4.98 Å². The first-order chi connectivity index (χ1) is 8.04. The average Bonchev–Trinajstić information content (AvgIpc) is 2.29. The number of anilines is 1. The van der Waals surface area contributed by atoms with Crippen LogP contribution in [0.2, 0.25) is 5.15 Å². The molecule has 94 valence electrons. The number of halogens is 1. The molecule has 0 aromatic carbocycles. The van der Waals surface area contributed by atoms with Crippen LogP contribution < -0.4 is 11.1 Å². The summed E-state index contributed by atoms with van der Waals surface area (Å²) in [7, 11) is 0. The third-order valence-corrected chi connectivity index (χ3v) is 2.35. The van der Waals surface area contributed by atoms with Gasteiger partial charge in [-0.15, -0.1) is 0 Å². The minimum absolute atomic E-state index is 0.0394. The third kappa shape index (κ3) is 4.20. The van der Waals surface area contributed by atoms with Crippen LogP contribution in [0.25, 0.3) is 0 Å². The lowest BCUT2D eigenvalue weighted by Gasteiger charge is -2.13. The number of nitrogens with two attached hydrogens (primary N) is 1. The number of carbonyl (C=O) groups is 1. The summed E-state index contributed by atoms with van der Waals surface area (Å²) in [5.74, 6) is -0.279. The maximum absolute atomic E-state index is 11.8. The molecule has 3 N–H and O–H groups in total. The number of aromatic nitrogens is 1. The number of amides is 1. The highest BCUT2D eigenvalue weighted by atomic mass is 35.5. The van der Waals surface area contributed by atoms with Crippen LogP contribution in [0.5, 0.6) is 0 Å². The SMILES string of the molecule is CCOC(C)CNC(=O)c1cc(Cl)ncc1N. The van der Waals surface area contributed by atoms with Gasteiger partial charge in [0.15, 0.2) is 0 Å². The van der Waals surface area contributed by atoms with Crippen LogP contribution in [0, 0.1) is 0 Å². The van der Waals surface area contributed by atoms with Gasteiger partial charge < -0.3 is 15.8 Å². The normalized spacial score (nSPS) is 12.2. The summed E-state index contributed by atoms with van der Waals surface area (Å²) >= 11 is 5.70. The highest BCUT2D eigenvalue weighted by Crippen LogP contribution is 2.14. The summed E-state index contributed by atoms with van der Waals surface area (Å²) in [5, 5.41) is 2.96. The summed E-state index contributed by atoms with van der Waals surface area (Å²) in [6.07, 6.45) is 1.32. The molecule has 1 unspecified atom stereocenters. The highest BCUT2D eigenvalue weighted by Gasteiger charge is 2.12.